The molecule has 2 atom stereocenters. The van der Waals surface area contributed by atoms with Crippen LogP contribution in [0.15, 0.2) is 0 Å². The van der Waals surface area contributed by atoms with Crippen molar-refractivity contribution in [3.8, 4) is 0 Å². The SMILES string of the molecule is C[C@H](CC(=O)N1CCCC1)NC(=O)[C@@H](NC(=O)CC(C)(C)C)C(C)(C)C. The van der Waals surface area contributed by atoms with Crippen LogP contribution in [-0.4, -0.2) is 47.8 Å². The molecular formula is C20H37N3O3. The van der Waals surface area contributed by atoms with Crippen molar-refractivity contribution in [1.29, 1.82) is 0 Å². The normalized spacial score (nSPS) is 17.6. The van der Waals surface area contributed by atoms with E-state index < -0.39 is 11.5 Å². The van der Waals surface area contributed by atoms with Crippen LogP contribution in [0.5, 0.6) is 0 Å². The predicted molar refractivity (Wildman–Crippen MR) is 103 cm³/mol. The standard InChI is InChI=1S/C20H37N3O3/c1-14(12-16(25)23-10-8-9-11-23)21-18(26)17(20(5,6)7)22-15(24)13-19(2,3)4/h14,17H,8-13H2,1-7H3,(H,21,26)(H,22,24)/t14-,17-/m1/s1. The summed E-state index contributed by atoms with van der Waals surface area (Å²) in [5.41, 5.74) is -0.561. The van der Waals surface area contributed by atoms with E-state index in [0.29, 0.717) is 12.8 Å². The van der Waals surface area contributed by atoms with Crippen LogP contribution in [0, 0.1) is 10.8 Å². The minimum absolute atomic E-state index is 0.0828. The maximum absolute atomic E-state index is 12.8. The van der Waals surface area contributed by atoms with Crippen molar-refractivity contribution in [2.24, 2.45) is 10.8 Å². The van der Waals surface area contributed by atoms with Crippen LogP contribution in [0.3, 0.4) is 0 Å². The Morgan fingerprint density at radius 2 is 1.50 bits per heavy atom. The van der Waals surface area contributed by atoms with Gasteiger partial charge in [-0.05, 0) is 30.6 Å². The topological polar surface area (TPSA) is 78.5 Å². The summed E-state index contributed by atoms with van der Waals surface area (Å²) in [5.74, 6) is -0.283. The third kappa shape index (κ3) is 7.75. The van der Waals surface area contributed by atoms with Crippen molar-refractivity contribution < 1.29 is 14.4 Å². The second-order valence-electron chi connectivity index (χ2n) is 9.81. The lowest BCUT2D eigenvalue weighted by atomic mass is 9.85. The number of likely N-dealkylation sites (tertiary alicyclic amines) is 1. The third-order valence-electron chi connectivity index (χ3n) is 4.45. The first-order chi connectivity index (χ1) is 11.8. The van der Waals surface area contributed by atoms with Gasteiger partial charge < -0.3 is 15.5 Å². The Morgan fingerprint density at radius 3 is 1.96 bits per heavy atom. The van der Waals surface area contributed by atoms with Gasteiger partial charge in [-0.25, -0.2) is 0 Å². The van der Waals surface area contributed by atoms with Crippen molar-refractivity contribution >= 4 is 17.7 Å². The second-order valence-corrected chi connectivity index (χ2v) is 9.81. The molecule has 3 amide bonds. The zero-order valence-electron chi connectivity index (χ0n) is 17.6. The van der Waals surface area contributed by atoms with Gasteiger partial charge in [0, 0.05) is 32.0 Å². The summed E-state index contributed by atoms with van der Waals surface area (Å²) >= 11 is 0. The number of carbonyl (C=O) groups excluding carboxylic acids is 3. The number of hydrogen-bond donors (Lipinski definition) is 2. The fourth-order valence-electron chi connectivity index (χ4n) is 3.10. The molecule has 0 saturated carbocycles. The predicted octanol–water partition coefficient (Wildman–Crippen LogP) is 2.47. The van der Waals surface area contributed by atoms with E-state index in [4.69, 9.17) is 0 Å². The van der Waals surface area contributed by atoms with Crippen molar-refractivity contribution in [1.82, 2.24) is 15.5 Å². The Balaban J connectivity index is 2.64. The van der Waals surface area contributed by atoms with Crippen LogP contribution in [0.2, 0.25) is 0 Å². The first-order valence-corrected chi connectivity index (χ1v) is 9.67. The molecule has 0 aliphatic carbocycles. The molecule has 1 rings (SSSR count). The van der Waals surface area contributed by atoms with Gasteiger partial charge in [0.25, 0.3) is 0 Å². The van der Waals surface area contributed by atoms with Crippen LogP contribution < -0.4 is 10.6 Å². The molecule has 0 aromatic heterocycles. The summed E-state index contributed by atoms with van der Waals surface area (Å²) in [6.07, 6.45) is 2.76. The van der Waals surface area contributed by atoms with Gasteiger partial charge in [-0.15, -0.1) is 0 Å². The molecule has 0 radical (unpaired) electrons. The monoisotopic (exact) mass is 367 g/mol. The highest BCUT2D eigenvalue weighted by molar-refractivity contribution is 5.89. The summed E-state index contributed by atoms with van der Waals surface area (Å²) in [4.78, 5) is 39.2. The highest BCUT2D eigenvalue weighted by Gasteiger charge is 2.34. The number of amides is 3. The Bertz CT molecular complexity index is 511. The summed E-state index contributed by atoms with van der Waals surface area (Å²) in [7, 11) is 0. The first-order valence-electron chi connectivity index (χ1n) is 9.67. The fourth-order valence-corrected chi connectivity index (χ4v) is 3.10. The van der Waals surface area contributed by atoms with Crippen molar-refractivity contribution in [3.05, 3.63) is 0 Å². The minimum atomic E-state index is -0.637. The maximum atomic E-state index is 12.8. The molecule has 0 unspecified atom stereocenters. The summed E-state index contributed by atoms with van der Waals surface area (Å²) in [6.45, 7) is 15.2. The third-order valence-corrected chi connectivity index (χ3v) is 4.45. The van der Waals surface area contributed by atoms with Gasteiger partial charge in [-0.1, -0.05) is 41.5 Å². The molecule has 150 valence electrons. The Hall–Kier alpha value is -1.59. The highest BCUT2D eigenvalue weighted by atomic mass is 16.2. The summed E-state index contributed by atoms with van der Waals surface area (Å²) < 4.78 is 0. The van der Waals surface area contributed by atoms with Gasteiger partial charge >= 0.3 is 0 Å². The second kappa shape index (κ2) is 8.87. The molecule has 26 heavy (non-hydrogen) atoms. The van der Waals surface area contributed by atoms with Crippen molar-refractivity contribution in [2.75, 3.05) is 13.1 Å². The zero-order valence-corrected chi connectivity index (χ0v) is 17.6. The van der Waals surface area contributed by atoms with Crippen LogP contribution in [0.25, 0.3) is 0 Å². The minimum Gasteiger partial charge on any atom is -0.351 e. The van der Waals surface area contributed by atoms with E-state index in [2.05, 4.69) is 10.6 Å². The van der Waals surface area contributed by atoms with E-state index in [1.165, 1.54) is 0 Å². The van der Waals surface area contributed by atoms with Gasteiger partial charge in [-0.3, -0.25) is 14.4 Å². The number of rotatable bonds is 6. The van der Waals surface area contributed by atoms with Crippen molar-refractivity contribution in [3.63, 3.8) is 0 Å². The van der Waals surface area contributed by atoms with E-state index in [1.807, 2.05) is 53.4 Å². The van der Waals surface area contributed by atoms with Crippen molar-refractivity contribution in [2.45, 2.75) is 86.2 Å². The van der Waals surface area contributed by atoms with E-state index in [0.717, 1.165) is 25.9 Å². The number of carbonyl (C=O) groups is 3. The number of nitrogens with one attached hydrogen (secondary N) is 2. The molecule has 0 aromatic carbocycles. The van der Waals surface area contributed by atoms with Gasteiger partial charge in [0.05, 0.1) is 0 Å². The number of hydrogen-bond acceptors (Lipinski definition) is 3. The Labute approximate surface area is 158 Å². The molecule has 6 nitrogen and oxygen atoms in total. The van der Waals surface area contributed by atoms with Gasteiger partial charge in [0.1, 0.15) is 6.04 Å². The lowest BCUT2D eigenvalue weighted by molar-refractivity contribution is -0.134. The molecule has 0 spiro atoms. The first kappa shape index (κ1) is 22.5. The Morgan fingerprint density at radius 1 is 0.962 bits per heavy atom. The van der Waals surface area contributed by atoms with E-state index in [1.54, 1.807) is 0 Å². The molecule has 0 bridgehead atoms. The smallest absolute Gasteiger partial charge is 0.243 e. The molecule has 1 saturated heterocycles. The zero-order chi connectivity index (χ0) is 20.1. The maximum Gasteiger partial charge on any atom is 0.243 e. The molecular weight excluding hydrogens is 330 g/mol. The van der Waals surface area contributed by atoms with E-state index >= 15 is 0 Å². The van der Waals surface area contributed by atoms with Crippen LogP contribution in [-0.2, 0) is 14.4 Å². The van der Waals surface area contributed by atoms with Crippen LogP contribution in [0.4, 0.5) is 0 Å². The molecule has 1 aliphatic rings. The lowest BCUT2D eigenvalue weighted by Gasteiger charge is -2.32. The molecule has 1 heterocycles. The largest absolute Gasteiger partial charge is 0.351 e. The lowest BCUT2D eigenvalue weighted by Crippen LogP contribution is -2.55. The van der Waals surface area contributed by atoms with Gasteiger partial charge in [0.2, 0.25) is 17.7 Å². The van der Waals surface area contributed by atoms with Crippen LogP contribution in [0.1, 0.15) is 74.1 Å². The molecule has 6 heteroatoms. The van der Waals surface area contributed by atoms with E-state index in [9.17, 15) is 14.4 Å². The molecule has 1 aliphatic heterocycles. The van der Waals surface area contributed by atoms with Gasteiger partial charge in [0.15, 0.2) is 0 Å². The Kier molecular flexibility index (Phi) is 7.66. The molecule has 0 aromatic rings. The molecule has 2 N–H and O–H groups in total. The average Bonchev–Trinajstić information content (AvgIpc) is 2.95. The quantitative estimate of drug-likeness (QED) is 0.757. The average molecular weight is 368 g/mol. The summed E-state index contributed by atoms with van der Waals surface area (Å²) in [6, 6.07) is -0.901. The van der Waals surface area contributed by atoms with Crippen LogP contribution >= 0.6 is 0 Å². The molecule has 1 fully saturated rings. The van der Waals surface area contributed by atoms with E-state index in [-0.39, 0.29) is 29.2 Å². The fraction of sp³-hybridized carbons (Fsp3) is 0.850. The number of nitrogens with zero attached hydrogens (tertiary/aromatic N) is 1. The highest BCUT2D eigenvalue weighted by Crippen LogP contribution is 2.22. The van der Waals surface area contributed by atoms with Gasteiger partial charge in [-0.2, -0.15) is 0 Å². The summed E-state index contributed by atoms with van der Waals surface area (Å²) in [5, 5.41) is 5.79.